The molecule has 5 rings (SSSR count). The average molecular weight is 823 g/mol. The quantitative estimate of drug-likeness (QED) is 0.0733. The lowest BCUT2D eigenvalue weighted by atomic mass is 9.68. The highest BCUT2D eigenvalue weighted by molar-refractivity contribution is 7.87. The van der Waals surface area contributed by atoms with Crippen molar-refractivity contribution in [3.63, 3.8) is 0 Å². The van der Waals surface area contributed by atoms with Gasteiger partial charge in [0.05, 0.1) is 47.1 Å². The molecule has 0 N–H and O–H groups in total. The molecule has 4 aromatic carbocycles. The highest BCUT2D eigenvalue weighted by atomic mass is 32.3. The second-order valence-corrected chi connectivity index (χ2v) is 16.4. The first kappa shape index (κ1) is 42.2. The first-order valence-corrected chi connectivity index (χ1v) is 20.9. The molecule has 0 saturated heterocycles. The molecule has 1 aliphatic carbocycles. The van der Waals surface area contributed by atoms with Crippen LogP contribution in [-0.2, 0) is 66.7 Å². The Balaban J connectivity index is 1.40. The van der Waals surface area contributed by atoms with Crippen LogP contribution in [0, 0.1) is 0 Å². The minimum atomic E-state index is -4.58. The largest absolute Gasteiger partial charge is 0.497 e. The van der Waals surface area contributed by atoms with Gasteiger partial charge in [-0.3, -0.25) is 12.5 Å². The van der Waals surface area contributed by atoms with Crippen LogP contribution >= 0.6 is 0 Å². The maximum Gasteiger partial charge on any atom is 0.400 e. The zero-order valence-corrected chi connectivity index (χ0v) is 33.1. The van der Waals surface area contributed by atoms with Gasteiger partial charge in [0.15, 0.2) is 0 Å². The number of ether oxygens (including phenoxy) is 4. The van der Waals surface area contributed by atoms with Crippen molar-refractivity contribution in [2.24, 2.45) is 0 Å². The molecule has 18 heteroatoms. The predicted molar refractivity (Wildman–Crippen MR) is 199 cm³/mol. The molecule has 0 aromatic heterocycles. The van der Waals surface area contributed by atoms with E-state index in [9.17, 15) is 25.3 Å². The molecule has 0 spiro atoms. The third kappa shape index (κ3) is 9.54. The molecule has 15 nitrogen and oxygen atoms in total. The van der Waals surface area contributed by atoms with E-state index in [1.165, 1.54) is 0 Å². The summed E-state index contributed by atoms with van der Waals surface area (Å²) in [6, 6.07) is 31.7. The molecule has 0 aliphatic heterocycles. The van der Waals surface area contributed by atoms with Crippen molar-refractivity contribution >= 4 is 30.9 Å². The number of rotatable bonds is 21. The van der Waals surface area contributed by atoms with Crippen molar-refractivity contribution in [1.29, 1.82) is 0 Å². The van der Waals surface area contributed by atoms with E-state index in [4.69, 9.17) is 27.3 Å². The van der Waals surface area contributed by atoms with Gasteiger partial charge in [-0.2, -0.15) is 25.3 Å². The van der Waals surface area contributed by atoms with Crippen LogP contribution in [0.25, 0.3) is 11.1 Å². The van der Waals surface area contributed by atoms with Gasteiger partial charge >= 0.3 is 30.9 Å². The predicted octanol–water partition coefficient (Wildman–Crippen LogP) is 4.69. The van der Waals surface area contributed by atoms with Gasteiger partial charge in [0.1, 0.15) is 30.3 Å². The Bertz CT molecular complexity index is 2180. The minimum absolute atomic E-state index is 0.0764. The summed E-state index contributed by atoms with van der Waals surface area (Å²) in [4.78, 5) is 0. The first-order chi connectivity index (χ1) is 26.2. The van der Waals surface area contributed by atoms with Gasteiger partial charge in [-0.1, -0.05) is 79.7 Å². The van der Waals surface area contributed by atoms with Crippen LogP contribution in [0.15, 0.2) is 97.1 Å². The van der Waals surface area contributed by atoms with E-state index >= 15 is 0 Å². The minimum Gasteiger partial charge on any atom is -0.497 e. The highest BCUT2D eigenvalue weighted by Crippen LogP contribution is 2.56. The SMILES string of the molecule is CCC(COC(OCC(COc1ccc(C2(c3ccc(OC)cc3)c3ccccc3-c3ccccc32)cc1)OS(=O)(=O)OC)S(=O)(=O)OC)OS(=O)(=O)OC. The number of benzene rings is 4. The normalized spacial score (nSPS) is 15.4. The van der Waals surface area contributed by atoms with Crippen LogP contribution < -0.4 is 9.47 Å². The molecule has 3 atom stereocenters. The smallest absolute Gasteiger partial charge is 0.400 e. The van der Waals surface area contributed by atoms with Crippen molar-refractivity contribution in [1.82, 2.24) is 0 Å². The lowest BCUT2D eigenvalue weighted by Gasteiger charge is -2.34. The van der Waals surface area contributed by atoms with Gasteiger partial charge in [0, 0.05) is 0 Å². The Morgan fingerprint density at radius 3 is 1.45 bits per heavy atom. The summed E-state index contributed by atoms with van der Waals surface area (Å²) in [6.45, 7) is -0.211. The molecule has 0 fully saturated rings. The Hall–Kier alpha value is -3.95. The Kier molecular flexibility index (Phi) is 13.7. The second-order valence-electron chi connectivity index (χ2n) is 12.0. The van der Waals surface area contributed by atoms with Gasteiger partial charge in [-0.15, -0.1) is 0 Å². The monoisotopic (exact) mass is 822 g/mol. The van der Waals surface area contributed by atoms with E-state index in [2.05, 4.69) is 36.8 Å². The van der Waals surface area contributed by atoms with Crippen LogP contribution in [0.2, 0.25) is 0 Å². The molecule has 298 valence electrons. The average Bonchev–Trinajstić information content (AvgIpc) is 3.50. The summed E-state index contributed by atoms with van der Waals surface area (Å²) in [5, 5.41) is 0. The van der Waals surface area contributed by atoms with E-state index in [-0.39, 0.29) is 6.42 Å². The van der Waals surface area contributed by atoms with E-state index in [1.54, 1.807) is 26.2 Å². The van der Waals surface area contributed by atoms with Crippen LogP contribution in [0.1, 0.15) is 35.6 Å². The van der Waals surface area contributed by atoms with E-state index in [0.29, 0.717) is 11.5 Å². The van der Waals surface area contributed by atoms with Gasteiger partial charge in [0.25, 0.3) is 5.62 Å². The lowest BCUT2D eigenvalue weighted by Crippen LogP contribution is -2.37. The third-order valence-corrected chi connectivity index (χ3v) is 11.9. The van der Waals surface area contributed by atoms with Crippen molar-refractivity contribution < 1.29 is 65.1 Å². The molecular formula is C37H42O15S3. The van der Waals surface area contributed by atoms with Gasteiger partial charge in [-0.25, -0.2) is 8.37 Å². The zero-order chi connectivity index (χ0) is 39.9. The maximum atomic E-state index is 12.7. The molecule has 0 heterocycles. The topological polar surface area (TPSA) is 185 Å². The maximum absolute atomic E-state index is 12.7. The van der Waals surface area contributed by atoms with Crippen LogP contribution in [0.5, 0.6) is 11.5 Å². The Morgan fingerprint density at radius 2 is 1.00 bits per heavy atom. The Morgan fingerprint density at radius 1 is 0.545 bits per heavy atom. The van der Waals surface area contributed by atoms with E-state index in [1.807, 2.05) is 60.7 Å². The number of hydrogen-bond donors (Lipinski definition) is 0. The second kappa shape index (κ2) is 17.9. The molecule has 0 amide bonds. The van der Waals surface area contributed by atoms with Crippen molar-refractivity contribution in [2.75, 3.05) is 48.3 Å². The van der Waals surface area contributed by atoms with Crippen molar-refractivity contribution in [2.45, 2.75) is 36.6 Å². The van der Waals surface area contributed by atoms with Crippen LogP contribution in [-0.4, -0.2) is 91.3 Å². The van der Waals surface area contributed by atoms with Gasteiger partial charge in [-0.05, 0) is 64.1 Å². The first-order valence-electron chi connectivity index (χ1n) is 16.8. The molecule has 3 unspecified atom stereocenters. The number of fused-ring (bicyclic) bond motifs is 3. The molecule has 0 saturated carbocycles. The molecule has 0 radical (unpaired) electrons. The molecular weight excluding hydrogens is 781 g/mol. The fraction of sp³-hybridized carbons (Fsp3) is 0.351. The summed E-state index contributed by atoms with van der Waals surface area (Å²) >= 11 is 0. The summed E-state index contributed by atoms with van der Waals surface area (Å²) in [5.74, 6) is 1.05. The van der Waals surface area contributed by atoms with Crippen molar-refractivity contribution in [3.05, 3.63) is 119 Å². The molecule has 4 aromatic rings. The standard InChI is InChI=1S/C37H42O15S3/c1-6-28(51-54(40,41)46-4)23-49-36(53(38,39)45-3)50-25-31(52-55(42,43)47-5)24-48-30-21-17-27(18-22-30)37(26-15-19-29(44-2)20-16-26)34-13-9-7-11-32(34)33-12-8-10-14-35(33)37/h7-22,28,31,36H,6,23-25H2,1-5H3. The molecule has 1 aliphatic rings. The van der Waals surface area contributed by atoms with E-state index in [0.717, 1.165) is 54.7 Å². The number of methoxy groups -OCH3 is 1. The highest BCUT2D eigenvalue weighted by Gasteiger charge is 2.46. The summed E-state index contributed by atoms with van der Waals surface area (Å²) in [5.41, 5.74) is 3.46. The summed E-state index contributed by atoms with van der Waals surface area (Å²) < 4.78 is 119. The van der Waals surface area contributed by atoms with Gasteiger partial charge in [0.2, 0.25) is 0 Å². The van der Waals surface area contributed by atoms with Crippen LogP contribution in [0.3, 0.4) is 0 Å². The lowest BCUT2D eigenvalue weighted by molar-refractivity contribution is -0.126. The number of hydrogen-bond acceptors (Lipinski definition) is 15. The summed E-state index contributed by atoms with van der Waals surface area (Å²) in [7, 11) is -9.29. The molecule has 55 heavy (non-hydrogen) atoms. The summed E-state index contributed by atoms with van der Waals surface area (Å²) in [6.07, 6.45) is -2.55. The van der Waals surface area contributed by atoms with Gasteiger partial charge < -0.3 is 18.9 Å². The van der Waals surface area contributed by atoms with E-state index < -0.39 is 74.0 Å². The molecule has 0 bridgehead atoms. The Labute approximate surface area is 321 Å². The third-order valence-electron chi connectivity index (χ3n) is 8.87. The van der Waals surface area contributed by atoms with Crippen molar-refractivity contribution in [3.8, 4) is 22.6 Å². The van der Waals surface area contributed by atoms with Crippen LogP contribution in [0.4, 0.5) is 0 Å². The zero-order valence-electron chi connectivity index (χ0n) is 30.6. The fourth-order valence-corrected chi connectivity index (χ4v) is 8.02. The fourth-order valence-electron chi connectivity index (χ4n) is 6.25.